The van der Waals surface area contributed by atoms with Crippen LogP contribution in [-0.2, 0) is 0 Å². The molecule has 1 atom stereocenters. The maximum absolute atomic E-state index is 8.97. The van der Waals surface area contributed by atoms with Gasteiger partial charge in [-0.2, -0.15) is 5.26 Å². The lowest BCUT2D eigenvalue weighted by Gasteiger charge is -2.16. The highest BCUT2D eigenvalue weighted by Crippen LogP contribution is 2.22. The highest BCUT2D eigenvalue weighted by Gasteiger charge is 2.08. The van der Waals surface area contributed by atoms with Gasteiger partial charge in [-0.1, -0.05) is 23.7 Å². The van der Waals surface area contributed by atoms with Crippen LogP contribution in [0.1, 0.15) is 24.2 Å². The molecule has 0 fully saturated rings. The van der Waals surface area contributed by atoms with Crippen molar-refractivity contribution in [3.63, 3.8) is 0 Å². The summed E-state index contributed by atoms with van der Waals surface area (Å²) in [5, 5.41) is 12.9. The second-order valence-corrected chi connectivity index (χ2v) is 4.37. The molecule has 0 saturated carbocycles. The summed E-state index contributed by atoms with van der Waals surface area (Å²) in [6.45, 7) is 2.01. The Balaban J connectivity index is 2.22. The lowest BCUT2D eigenvalue weighted by atomic mass is 10.1. The molecular weight excluding hydrogens is 246 g/mol. The molecule has 0 aliphatic heterocycles. The Morgan fingerprint density at radius 2 is 2.17 bits per heavy atom. The van der Waals surface area contributed by atoms with Crippen molar-refractivity contribution in [2.45, 2.75) is 13.0 Å². The Kier molecular flexibility index (Phi) is 3.81. The van der Waals surface area contributed by atoms with Crippen molar-refractivity contribution in [3.05, 3.63) is 58.9 Å². The predicted molar refractivity (Wildman–Crippen MR) is 72.4 cm³/mol. The quantitative estimate of drug-likeness (QED) is 0.910. The van der Waals surface area contributed by atoms with E-state index in [2.05, 4.69) is 16.4 Å². The van der Waals surface area contributed by atoms with Gasteiger partial charge in [0.2, 0.25) is 0 Å². The molecule has 1 unspecified atom stereocenters. The molecule has 3 nitrogen and oxygen atoms in total. The van der Waals surface area contributed by atoms with Crippen LogP contribution in [0.25, 0.3) is 0 Å². The highest BCUT2D eigenvalue weighted by molar-refractivity contribution is 6.30. The predicted octanol–water partition coefficient (Wildman–Crippen LogP) is 3.78. The van der Waals surface area contributed by atoms with E-state index in [9.17, 15) is 0 Å². The van der Waals surface area contributed by atoms with Crippen LogP contribution in [0.3, 0.4) is 0 Å². The fourth-order valence-electron chi connectivity index (χ4n) is 1.70. The Bertz CT molecular complexity index is 590. The van der Waals surface area contributed by atoms with E-state index in [-0.39, 0.29) is 6.04 Å². The molecular formula is C14H12ClN3. The van der Waals surface area contributed by atoms with E-state index in [1.807, 2.05) is 37.3 Å². The average Bonchev–Trinajstić information content (AvgIpc) is 2.39. The van der Waals surface area contributed by atoms with E-state index >= 15 is 0 Å². The summed E-state index contributed by atoms with van der Waals surface area (Å²) in [5.74, 6) is 0. The number of nitriles is 1. The molecule has 0 aliphatic rings. The van der Waals surface area contributed by atoms with Crippen molar-refractivity contribution in [1.82, 2.24) is 4.98 Å². The topological polar surface area (TPSA) is 48.7 Å². The number of rotatable bonds is 3. The molecule has 0 bridgehead atoms. The summed E-state index contributed by atoms with van der Waals surface area (Å²) in [5.41, 5.74) is 2.19. The van der Waals surface area contributed by atoms with E-state index < -0.39 is 0 Å². The van der Waals surface area contributed by atoms with Gasteiger partial charge in [0.25, 0.3) is 0 Å². The Labute approximate surface area is 111 Å². The van der Waals surface area contributed by atoms with Crippen molar-refractivity contribution in [1.29, 1.82) is 5.26 Å². The highest BCUT2D eigenvalue weighted by atomic mass is 35.5. The van der Waals surface area contributed by atoms with E-state index in [0.717, 1.165) is 11.3 Å². The first-order valence-electron chi connectivity index (χ1n) is 5.58. The molecule has 4 heteroatoms. The summed E-state index contributed by atoms with van der Waals surface area (Å²) < 4.78 is 0. The molecule has 2 rings (SSSR count). The van der Waals surface area contributed by atoms with Crippen LogP contribution in [0.5, 0.6) is 0 Å². The largest absolute Gasteiger partial charge is 0.376 e. The van der Waals surface area contributed by atoms with Gasteiger partial charge in [-0.25, -0.2) is 4.98 Å². The van der Waals surface area contributed by atoms with Crippen LogP contribution in [0.2, 0.25) is 5.02 Å². The number of halogens is 1. The first kappa shape index (κ1) is 12.4. The fraction of sp³-hybridized carbons (Fsp3) is 0.143. The zero-order chi connectivity index (χ0) is 13.0. The van der Waals surface area contributed by atoms with Gasteiger partial charge in [0.1, 0.15) is 6.07 Å². The number of hydrogen-bond donors (Lipinski definition) is 1. The van der Waals surface area contributed by atoms with Crippen molar-refractivity contribution in [3.8, 4) is 6.07 Å². The summed E-state index contributed by atoms with van der Waals surface area (Å²) in [7, 11) is 0. The van der Waals surface area contributed by atoms with Crippen molar-refractivity contribution in [2.24, 2.45) is 0 Å². The number of hydrogen-bond acceptors (Lipinski definition) is 3. The second kappa shape index (κ2) is 5.52. The lowest BCUT2D eigenvalue weighted by molar-refractivity contribution is 0.881. The van der Waals surface area contributed by atoms with Gasteiger partial charge in [0.05, 0.1) is 5.69 Å². The van der Waals surface area contributed by atoms with Gasteiger partial charge < -0.3 is 5.32 Å². The molecule has 0 saturated heterocycles. The first-order chi connectivity index (χ1) is 8.70. The zero-order valence-corrected chi connectivity index (χ0v) is 10.6. The van der Waals surface area contributed by atoms with Crippen LogP contribution >= 0.6 is 11.6 Å². The standard InChI is InChI=1S/C14H12ClN3/c1-10(11-4-2-5-12(15)8-11)18-13-6-3-7-17-14(13)9-16/h2-8,10,18H,1H3. The average molecular weight is 258 g/mol. The molecule has 1 heterocycles. The van der Waals surface area contributed by atoms with Crippen LogP contribution in [-0.4, -0.2) is 4.98 Å². The molecule has 0 amide bonds. The van der Waals surface area contributed by atoms with Gasteiger partial charge in [-0.05, 0) is 36.8 Å². The van der Waals surface area contributed by atoms with E-state index in [1.165, 1.54) is 0 Å². The molecule has 1 N–H and O–H groups in total. The molecule has 1 aromatic carbocycles. The smallest absolute Gasteiger partial charge is 0.163 e. The van der Waals surface area contributed by atoms with Crippen LogP contribution in [0.4, 0.5) is 5.69 Å². The first-order valence-corrected chi connectivity index (χ1v) is 5.95. The van der Waals surface area contributed by atoms with Crippen LogP contribution in [0.15, 0.2) is 42.6 Å². The van der Waals surface area contributed by atoms with Crippen LogP contribution in [0, 0.1) is 11.3 Å². The number of anilines is 1. The third-order valence-electron chi connectivity index (χ3n) is 2.63. The number of pyridine rings is 1. The molecule has 0 radical (unpaired) electrons. The molecule has 18 heavy (non-hydrogen) atoms. The van der Waals surface area contributed by atoms with Gasteiger partial charge in [-0.3, -0.25) is 0 Å². The minimum absolute atomic E-state index is 0.0556. The Morgan fingerprint density at radius 3 is 2.89 bits per heavy atom. The summed E-state index contributed by atoms with van der Waals surface area (Å²) in [6, 6.07) is 13.4. The van der Waals surface area contributed by atoms with Gasteiger partial charge >= 0.3 is 0 Å². The zero-order valence-electron chi connectivity index (χ0n) is 9.89. The normalized spacial score (nSPS) is 11.6. The maximum Gasteiger partial charge on any atom is 0.163 e. The minimum Gasteiger partial charge on any atom is -0.376 e. The van der Waals surface area contributed by atoms with Crippen LogP contribution < -0.4 is 5.32 Å². The van der Waals surface area contributed by atoms with E-state index in [0.29, 0.717) is 10.7 Å². The second-order valence-electron chi connectivity index (χ2n) is 3.93. The Morgan fingerprint density at radius 1 is 1.33 bits per heavy atom. The minimum atomic E-state index is 0.0556. The Hall–Kier alpha value is -2.05. The maximum atomic E-state index is 8.97. The number of aromatic nitrogens is 1. The molecule has 90 valence electrons. The summed E-state index contributed by atoms with van der Waals surface area (Å²) >= 11 is 5.96. The third kappa shape index (κ3) is 2.79. The molecule has 0 aliphatic carbocycles. The van der Waals surface area contributed by atoms with Gasteiger partial charge in [0, 0.05) is 17.3 Å². The summed E-state index contributed by atoms with van der Waals surface area (Å²) in [6.07, 6.45) is 1.60. The molecule has 2 aromatic rings. The van der Waals surface area contributed by atoms with Crippen molar-refractivity contribution < 1.29 is 0 Å². The molecule has 1 aromatic heterocycles. The lowest BCUT2D eigenvalue weighted by Crippen LogP contribution is -2.08. The third-order valence-corrected chi connectivity index (χ3v) is 2.87. The molecule has 0 spiro atoms. The van der Waals surface area contributed by atoms with E-state index in [1.54, 1.807) is 12.3 Å². The summed E-state index contributed by atoms with van der Waals surface area (Å²) in [4.78, 5) is 4.01. The van der Waals surface area contributed by atoms with Gasteiger partial charge in [-0.15, -0.1) is 0 Å². The number of nitrogens with one attached hydrogen (secondary N) is 1. The van der Waals surface area contributed by atoms with E-state index in [4.69, 9.17) is 16.9 Å². The number of benzene rings is 1. The fourth-order valence-corrected chi connectivity index (χ4v) is 1.90. The SMILES string of the molecule is CC(Nc1cccnc1C#N)c1cccc(Cl)c1. The van der Waals surface area contributed by atoms with Crippen molar-refractivity contribution in [2.75, 3.05) is 5.32 Å². The van der Waals surface area contributed by atoms with Crippen molar-refractivity contribution >= 4 is 17.3 Å². The van der Waals surface area contributed by atoms with Gasteiger partial charge in [0.15, 0.2) is 5.69 Å². The number of nitrogens with zero attached hydrogens (tertiary/aromatic N) is 2. The monoisotopic (exact) mass is 257 g/mol.